The first kappa shape index (κ1) is 18.2. The van der Waals surface area contributed by atoms with Gasteiger partial charge in [-0.1, -0.05) is 31.9 Å². The predicted molar refractivity (Wildman–Crippen MR) is 86.4 cm³/mol. The van der Waals surface area contributed by atoms with Crippen LogP contribution in [-0.4, -0.2) is 12.3 Å². The molecule has 0 spiro atoms. The topological polar surface area (TPSA) is 0 Å². The average Bonchev–Trinajstić information content (AvgIpc) is 2.50. The van der Waals surface area contributed by atoms with Crippen LogP contribution in [0.15, 0.2) is 12.2 Å². The molecule has 2 fully saturated rings. The molecule has 2 aliphatic rings. The van der Waals surface area contributed by atoms with Gasteiger partial charge in [-0.15, -0.1) is 6.42 Å². The Hall–Kier alpha value is -0.840. The molecule has 21 heavy (non-hydrogen) atoms. The van der Waals surface area contributed by atoms with Crippen molar-refractivity contribution in [2.45, 2.75) is 71.6 Å². The lowest BCUT2D eigenvalue weighted by Crippen LogP contribution is -2.38. The van der Waals surface area contributed by atoms with Gasteiger partial charge < -0.3 is 0 Å². The minimum absolute atomic E-state index is 0.196. The Morgan fingerprint density at radius 2 is 1.48 bits per heavy atom. The summed E-state index contributed by atoms with van der Waals surface area (Å²) in [6.07, 6.45) is 12.8. The number of hydrogen-bond acceptors (Lipinski definition) is 0. The zero-order valence-electron chi connectivity index (χ0n) is 13.7. The van der Waals surface area contributed by atoms with Crippen LogP contribution in [0.3, 0.4) is 0 Å². The lowest BCUT2D eigenvalue weighted by molar-refractivity contribution is 0.0407. The maximum absolute atomic E-state index is 13.9. The largest absolute Gasteiger partial charge is 0.246 e. The van der Waals surface area contributed by atoms with Crippen LogP contribution < -0.4 is 0 Å². The van der Waals surface area contributed by atoms with Crippen molar-refractivity contribution in [2.75, 3.05) is 0 Å². The van der Waals surface area contributed by atoms with E-state index in [4.69, 9.17) is 6.42 Å². The van der Waals surface area contributed by atoms with Crippen LogP contribution >= 0.6 is 0 Å². The Labute approximate surface area is 129 Å². The fraction of sp³-hybridized carbons (Fsp3) is 0.789. The predicted octanol–water partition coefficient (Wildman–Crippen LogP) is 5.73. The summed E-state index contributed by atoms with van der Waals surface area (Å²) in [5, 5.41) is 0. The summed E-state index contributed by atoms with van der Waals surface area (Å²) in [6.45, 7) is 6.05. The number of allylic oxidation sites excluding steroid dienone is 2. The second kappa shape index (κ2) is 9.23. The number of terminal acetylenes is 1. The Morgan fingerprint density at radius 1 is 0.952 bits per heavy atom. The van der Waals surface area contributed by atoms with Crippen LogP contribution in [-0.2, 0) is 0 Å². The van der Waals surface area contributed by atoms with Gasteiger partial charge in [-0.25, -0.2) is 8.78 Å². The summed E-state index contributed by atoms with van der Waals surface area (Å²) in [5.74, 6) is 2.85. The van der Waals surface area contributed by atoms with Crippen LogP contribution in [0.1, 0.15) is 59.3 Å². The van der Waals surface area contributed by atoms with E-state index in [1.165, 1.54) is 0 Å². The van der Waals surface area contributed by atoms with Crippen molar-refractivity contribution in [3.8, 4) is 12.3 Å². The third kappa shape index (κ3) is 4.83. The van der Waals surface area contributed by atoms with Gasteiger partial charge >= 0.3 is 0 Å². The normalized spacial score (nSPS) is 40.2. The maximum Gasteiger partial charge on any atom is 0.117 e. The van der Waals surface area contributed by atoms with Crippen molar-refractivity contribution >= 4 is 0 Å². The molecule has 0 aromatic rings. The van der Waals surface area contributed by atoms with E-state index in [2.05, 4.69) is 25.0 Å². The molecule has 0 amide bonds. The van der Waals surface area contributed by atoms with Crippen molar-refractivity contribution in [3.05, 3.63) is 12.2 Å². The number of hydrogen-bond donors (Lipinski definition) is 0. The van der Waals surface area contributed by atoms with Crippen LogP contribution in [0.5, 0.6) is 0 Å². The van der Waals surface area contributed by atoms with E-state index in [-0.39, 0.29) is 5.92 Å². The van der Waals surface area contributed by atoms with Crippen molar-refractivity contribution in [3.63, 3.8) is 0 Å². The summed E-state index contributed by atoms with van der Waals surface area (Å²) < 4.78 is 27.8. The lowest BCUT2D eigenvalue weighted by atomic mass is 9.68. The molecule has 2 unspecified atom stereocenters. The summed E-state index contributed by atoms with van der Waals surface area (Å²) >= 11 is 0. The van der Waals surface area contributed by atoms with E-state index in [1.807, 2.05) is 13.8 Å². The van der Waals surface area contributed by atoms with Crippen molar-refractivity contribution < 1.29 is 8.78 Å². The highest BCUT2D eigenvalue weighted by molar-refractivity contribution is 5.05. The monoisotopic (exact) mass is 296 g/mol. The quantitative estimate of drug-likeness (QED) is 0.451. The molecular weight excluding hydrogens is 266 g/mol. The molecule has 0 N–H and O–H groups in total. The molecule has 2 atom stereocenters. The number of alkyl halides is 2. The van der Waals surface area contributed by atoms with Crippen LogP contribution in [0.2, 0.25) is 0 Å². The van der Waals surface area contributed by atoms with Gasteiger partial charge in [-0.2, -0.15) is 0 Å². The zero-order valence-corrected chi connectivity index (χ0v) is 13.7. The van der Waals surface area contributed by atoms with E-state index in [0.29, 0.717) is 24.7 Å². The minimum atomic E-state index is -1.15. The Bertz CT molecular complexity index is 335. The number of halogens is 2. The summed E-state index contributed by atoms with van der Waals surface area (Å²) in [5.41, 5.74) is 0. The highest BCUT2D eigenvalue weighted by Crippen LogP contribution is 2.43. The lowest BCUT2D eigenvalue weighted by Gasteiger charge is -2.39. The first-order chi connectivity index (χ1) is 10.2. The average molecular weight is 296 g/mol. The van der Waals surface area contributed by atoms with Crippen LogP contribution in [0.4, 0.5) is 8.78 Å². The molecule has 0 nitrogen and oxygen atoms in total. The molecule has 0 aliphatic heterocycles. The highest BCUT2D eigenvalue weighted by Gasteiger charge is 2.40. The van der Waals surface area contributed by atoms with Gasteiger partial charge in [-0.05, 0) is 63.2 Å². The fourth-order valence-electron chi connectivity index (χ4n) is 3.87. The first-order valence-electron chi connectivity index (χ1n) is 8.52. The molecule has 0 heterocycles. The number of rotatable bonds is 2. The van der Waals surface area contributed by atoms with Crippen molar-refractivity contribution in [2.24, 2.45) is 23.7 Å². The first-order valence-corrected chi connectivity index (χ1v) is 8.52. The van der Waals surface area contributed by atoms with E-state index >= 15 is 0 Å². The minimum Gasteiger partial charge on any atom is -0.246 e. The molecule has 0 bridgehead atoms. The standard InChI is InChI=1S/C17H24F2.C2H6/c1-3-5-12-6-8-13(9-7-12)14-10-16(18)15(4-2)17(19)11-14;1-2/h2-3,5,12-17H,6-11H2,1H3;1-2H3/b5-3+;. The molecule has 2 aliphatic carbocycles. The molecule has 2 heteroatoms. The molecule has 0 radical (unpaired) electrons. The van der Waals surface area contributed by atoms with E-state index in [9.17, 15) is 8.78 Å². The molecule has 0 saturated heterocycles. The van der Waals surface area contributed by atoms with Gasteiger partial charge in [0.15, 0.2) is 0 Å². The molecule has 2 rings (SSSR count). The molecule has 0 aromatic carbocycles. The summed E-state index contributed by atoms with van der Waals surface area (Å²) in [4.78, 5) is 0. The second-order valence-electron chi connectivity index (χ2n) is 6.16. The SMILES string of the molecule is C#CC1C(F)CC(C2CCC(/C=C/C)CC2)CC1F.CC. The third-order valence-corrected chi connectivity index (χ3v) is 4.98. The Morgan fingerprint density at radius 3 is 1.90 bits per heavy atom. The van der Waals surface area contributed by atoms with Gasteiger partial charge in [0, 0.05) is 0 Å². The van der Waals surface area contributed by atoms with E-state index in [1.54, 1.807) is 0 Å². The van der Waals surface area contributed by atoms with Crippen LogP contribution in [0.25, 0.3) is 0 Å². The van der Waals surface area contributed by atoms with Crippen molar-refractivity contribution in [1.29, 1.82) is 0 Å². The van der Waals surface area contributed by atoms with E-state index < -0.39 is 18.3 Å². The maximum atomic E-state index is 13.9. The molecule has 120 valence electrons. The van der Waals surface area contributed by atoms with Crippen molar-refractivity contribution in [1.82, 2.24) is 0 Å². The van der Waals surface area contributed by atoms with E-state index in [0.717, 1.165) is 25.7 Å². The third-order valence-electron chi connectivity index (χ3n) is 4.98. The van der Waals surface area contributed by atoms with Gasteiger partial charge in [0.25, 0.3) is 0 Å². The van der Waals surface area contributed by atoms with Gasteiger partial charge in [0.1, 0.15) is 12.3 Å². The zero-order chi connectivity index (χ0) is 15.8. The smallest absolute Gasteiger partial charge is 0.117 e. The molecule has 2 saturated carbocycles. The van der Waals surface area contributed by atoms with Crippen LogP contribution in [0, 0.1) is 36.0 Å². The van der Waals surface area contributed by atoms with Gasteiger partial charge in [0.05, 0.1) is 5.92 Å². The summed E-state index contributed by atoms with van der Waals surface area (Å²) in [6, 6.07) is 0. The highest BCUT2D eigenvalue weighted by atomic mass is 19.1. The Balaban J connectivity index is 0.00000106. The summed E-state index contributed by atoms with van der Waals surface area (Å²) in [7, 11) is 0. The Kier molecular flexibility index (Phi) is 8.01. The fourth-order valence-corrected chi connectivity index (χ4v) is 3.87. The van der Waals surface area contributed by atoms with Gasteiger partial charge in [-0.3, -0.25) is 0 Å². The molecular formula is C19H30F2. The molecule has 0 aromatic heterocycles. The second-order valence-corrected chi connectivity index (χ2v) is 6.16. The van der Waals surface area contributed by atoms with Gasteiger partial charge in [0.2, 0.25) is 0 Å².